The van der Waals surface area contributed by atoms with E-state index < -0.39 is 0 Å². The molecule has 3 heteroatoms. The first-order valence-corrected chi connectivity index (χ1v) is 7.29. The van der Waals surface area contributed by atoms with Gasteiger partial charge in [-0.15, -0.1) is 6.58 Å². The Hall–Kier alpha value is -1.48. The van der Waals surface area contributed by atoms with Gasteiger partial charge in [0.1, 0.15) is 0 Å². The van der Waals surface area contributed by atoms with Crippen LogP contribution in [0.2, 0.25) is 0 Å². The molecule has 0 saturated carbocycles. The molecule has 0 amide bonds. The Kier molecular flexibility index (Phi) is 7.81. The van der Waals surface area contributed by atoms with E-state index in [1.54, 1.807) is 7.11 Å². The highest BCUT2D eigenvalue weighted by atomic mass is 16.5. The van der Waals surface area contributed by atoms with Gasteiger partial charge in [-0.05, 0) is 31.4 Å². The molecule has 0 aliphatic heterocycles. The average molecular weight is 277 g/mol. The van der Waals surface area contributed by atoms with Crippen molar-refractivity contribution in [1.29, 1.82) is 0 Å². The van der Waals surface area contributed by atoms with Crippen molar-refractivity contribution in [2.75, 3.05) is 20.3 Å². The minimum Gasteiger partial charge on any atom is -0.493 e. The quantitative estimate of drug-likeness (QED) is 0.521. The van der Waals surface area contributed by atoms with Crippen LogP contribution in [0.3, 0.4) is 0 Å². The first-order chi connectivity index (χ1) is 9.69. The van der Waals surface area contributed by atoms with Gasteiger partial charge >= 0.3 is 0 Å². The Morgan fingerprint density at radius 2 is 2.15 bits per heavy atom. The zero-order valence-electron chi connectivity index (χ0n) is 12.9. The van der Waals surface area contributed by atoms with Crippen LogP contribution in [0.5, 0.6) is 11.5 Å². The summed E-state index contributed by atoms with van der Waals surface area (Å²) in [6, 6.07) is 6.02. The maximum atomic E-state index is 5.91. The molecule has 0 spiro atoms. The van der Waals surface area contributed by atoms with Crippen molar-refractivity contribution in [1.82, 2.24) is 5.32 Å². The van der Waals surface area contributed by atoms with Crippen molar-refractivity contribution < 1.29 is 9.47 Å². The normalized spacial score (nSPS) is 10.6. The van der Waals surface area contributed by atoms with Crippen LogP contribution < -0.4 is 14.8 Å². The Bertz CT molecular complexity index is 402. The third kappa shape index (κ3) is 5.66. The fourth-order valence-electron chi connectivity index (χ4n) is 1.92. The van der Waals surface area contributed by atoms with Gasteiger partial charge in [-0.1, -0.05) is 32.1 Å². The van der Waals surface area contributed by atoms with Crippen LogP contribution in [0.25, 0.3) is 0 Å². The molecular weight excluding hydrogens is 250 g/mol. The summed E-state index contributed by atoms with van der Waals surface area (Å²) in [5.41, 5.74) is 1.14. The van der Waals surface area contributed by atoms with Gasteiger partial charge in [-0.3, -0.25) is 0 Å². The summed E-state index contributed by atoms with van der Waals surface area (Å²) >= 11 is 0. The molecule has 1 N–H and O–H groups in total. The Labute approximate surface area is 123 Å². The molecule has 0 aromatic heterocycles. The summed E-state index contributed by atoms with van der Waals surface area (Å²) in [6.07, 6.45) is 3.85. The number of para-hydroxylation sites is 1. The molecule has 0 atom stereocenters. The molecule has 3 nitrogen and oxygen atoms in total. The van der Waals surface area contributed by atoms with Gasteiger partial charge in [0, 0.05) is 12.1 Å². The van der Waals surface area contributed by atoms with Gasteiger partial charge in [0.2, 0.25) is 0 Å². The number of rotatable bonds is 10. The van der Waals surface area contributed by atoms with Crippen LogP contribution in [0.15, 0.2) is 30.9 Å². The number of methoxy groups -OCH3 is 1. The Morgan fingerprint density at radius 3 is 2.80 bits per heavy atom. The zero-order chi connectivity index (χ0) is 14.8. The van der Waals surface area contributed by atoms with Crippen molar-refractivity contribution >= 4 is 0 Å². The monoisotopic (exact) mass is 277 g/mol. The molecule has 0 fully saturated rings. The fraction of sp³-hybridized carbons (Fsp3) is 0.529. The van der Waals surface area contributed by atoms with Crippen LogP contribution in [-0.4, -0.2) is 20.3 Å². The molecule has 20 heavy (non-hydrogen) atoms. The van der Waals surface area contributed by atoms with Crippen LogP contribution in [-0.2, 0) is 6.54 Å². The highest BCUT2D eigenvalue weighted by Gasteiger charge is 2.10. The highest BCUT2D eigenvalue weighted by Crippen LogP contribution is 2.31. The summed E-state index contributed by atoms with van der Waals surface area (Å²) in [4.78, 5) is 0. The molecular formula is C17H27NO2. The lowest BCUT2D eigenvalue weighted by Crippen LogP contribution is -2.19. The smallest absolute Gasteiger partial charge is 0.165 e. The van der Waals surface area contributed by atoms with Gasteiger partial charge in [-0.25, -0.2) is 0 Å². The summed E-state index contributed by atoms with van der Waals surface area (Å²) in [5.74, 6) is 2.29. The lowest BCUT2D eigenvalue weighted by molar-refractivity contribution is 0.286. The summed E-state index contributed by atoms with van der Waals surface area (Å²) in [5, 5.41) is 3.44. The van der Waals surface area contributed by atoms with Crippen LogP contribution >= 0.6 is 0 Å². The van der Waals surface area contributed by atoms with Gasteiger partial charge in [0.15, 0.2) is 11.5 Å². The molecule has 0 unspecified atom stereocenters. The zero-order valence-corrected chi connectivity index (χ0v) is 12.9. The second-order valence-corrected chi connectivity index (χ2v) is 5.25. The molecule has 1 aromatic rings. The largest absolute Gasteiger partial charge is 0.493 e. The van der Waals surface area contributed by atoms with E-state index in [1.807, 2.05) is 18.2 Å². The predicted molar refractivity (Wildman–Crippen MR) is 84.5 cm³/mol. The minimum atomic E-state index is 0.637. The Morgan fingerprint density at radius 1 is 1.35 bits per heavy atom. The third-order valence-corrected chi connectivity index (χ3v) is 2.95. The number of benzene rings is 1. The number of ether oxygens (including phenoxy) is 2. The predicted octanol–water partition coefficient (Wildman–Crippen LogP) is 3.79. The van der Waals surface area contributed by atoms with Gasteiger partial charge in [-0.2, -0.15) is 0 Å². The van der Waals surface area contributed by atoms with E-state index in [9.17, 15) is 0 Å². The Balaban J connectivity index is 2.68. The van der Waals surface area contributed by atoms with E-state index in [2.05, 4.69) is 31.8 Å². The van der Waals surface area contributed by atoms with Crippen molar-refractivity contribution in [3.8, 4) is 11.5 Å². The SMILES string of the molecule is C=CCCCOc1c(CNCC(C)C)cccc1OC. The molecule has 0 radical (unpaired) electrons. The maximum Gasteiger partial charge on any atom is 0.165 e. The molecule has 0 saturated heterocycles. The molecule has 1 rings (SSSR count). The number of unbranched alkanes of at least 4 members (excludes halogenated alkanes) is 1. The molecule has 0 heterocycles. The van der Waals surface area contributed by atoms with Crippen LogP contribution in [0.4, 0.5) is 0 Å². The number of allylic oxidation sites excluding steroid dienone is 1. The van der Waals surface area contributed by atoms with Crippen LogP contribution in [0, 0.1) is 5.92 Å². The number of hydrogen-bond acceptors (Lipinski definition) is 3. The van der Waals surface area contributed by atoms with Crippen LogP contribution in [0.1, 0.15) is 32.3 Å². The molecule has 0 bridgehead atoms. The van der Waals surface area contributed by atoms with Gasteiger partial charge < -0.3 is 14.8 Å². The lowest BCUT2D eigenvalue weighted by atomic mass is 10.1. The lowest BCUT2D eigenvalue weighted by Gasteiger charge is -2.16. The van der Waals surface area contributed by atoms with E-state index in [-0.39, 0.29) is 0 Å². The number of nitrogens with one attached hydrogen (secondary N) is 1. The number of hydrogen-bond donors (Lipinski definition) is 1. The van der Waals surface area contributed by atoms with Gasteiger partial charge in [0.05, 0.1) is 13.7 Å². The topological polar surface area (TPSA) is 30.5 Å². The fourth-order valence-corrected chi connectivity index (χ4v) is 1.92. The first-order valence-electron chi connectivity index (χ1n) is 7.29. The van der Waals surface area contributed by atoms with E-state index in [0.29, 0.717) is 12.5 Å². The minimum absolute atomic E-state index is 0.637. The van der Waals surface area contributed by atoms with E-state index in [0.717, 1.165) is 43.0 Å². The first kappa shape index (κ1) is 16.6. The third-order valence-electron chi connectivity index (χ3n) is 2.95. The molecule has 1 aromatic carbocycles. The summed E-state index contributed by atoms with van der Waals surface area (Å²) in [7, 11) is 1.68. The van der Waals surface area contributed by atoms with Crippen molar-refractivity contribution in [2.24, 2.45) is 5.92 Å². The molecule has 112 valence electrons. The standard InChI is InChI=1S/C17H27NO2/c1-5-6-7-11-20-17-15(13-18-12-14(2)3)9-8-10-16(17)19-4/h5,8-10,14,18H,1,6-7,11-13H2,2-4H3. The average Bonchev–Trinajstić information content (AvgIpc) is 2.44. The highest BCUT2D eigenvalue weighted by molar-refractivity contribution is 5.46. The summed E-state index contributed by atoms with van der Waals surface area (Å²) < 4.78 is 11.3. The summed E-state index contributed by atoms with van der Waals surface area (Å²) in [6.45, 7) is 10.6. The second kappa shape index (κ2) is 9.43. The van der Waals surface area contributed by atoms with Gasteiger partial charge in [0.25, 0.3) is 0 Å². The maximum absolute atomic E-state index is 5.91. The molecule has 0 aliphatic rings. The van der Waals surface area contributed by atoms with Crippen molar-refractivity contribution in [2.45, 2.75) is 33.2 Å². The van der Waals surface area contributed by atoms with E-state index in [4.69, 9.17) is 9.47 Å². The van der Waals surface area contributed by atoms with Crippen molar-refractivity contribution in [3.63, 3.8) is 0 Å². The van der Waals surface area contributed by atoms with Crippen molar-refractivity contribution in [3.05, 3.63) is 36.4 Å². The van der Waals surface area contributed by atoms with E-state index >= 15 is 0 Å². The second-order valence-electron chi connectivity index (χ2n) is 5.25. The molecule has 0 aliphatic carbocycles. The van der Waals surface area contributed by atoms with E-state index in [1.165, 1.54) is 0 Å².